The first-order valence-corrected chi connectivity index (χ1v) is 13.2. The summed E-state index contributed by atoms with van der Waals surface area (Å²) in [5.41, 5.74) is 14.4. The summed E-state index contributed by atoms with van der Waals surface area (Å²) in [6.45, 7) is 0. The Morgan fingerprint density at radius 2 is 0.921 bits per heavy atom. The monoisotopic (exact) mass is 484 g/mol. The maximum Gasteiger partial charge on any atom is 0.143 e. The van der Waals surface area contributed by atoms with E-state index in [1.54, 1.807) is 0 Å². The third kappa shape index (κ3) is 3.26. The van der Waals surface area contributed by atoms with Gasteiger partial charge in [-0.25, -0.2) is 0 Å². The van der Waals surface area contributed by atoms with Crippen molar-refractivity contribution < 1.29 is 4.42 Å². The third-order valence-electron chi connectivity index (χ3n) is 7.94. The standard InChI is InChI=1S/C37H24O/c1-2-8-24(9-3-1)25-16-18-26(19-17-25)31-12-6-14-33-34-15-7-13-32(37(34)38-36(31)33)29-21-20-28-22-27-10-4-5-11-30(27)35(28)23-29/h1-21,23H,22H2. The van der Waals surface area contributed by atoms with Crippen LogP contribution < -0.4 is 0 Å². The van der Waals surface area contributed by atoms with E-state index >= 15 is 0 Å². The minimum atomic E-state index is 0.939. The Morgan fingerprint density at radius 1 is 0.368 bits per heavy atom. The molecule has 0 N–H and O–H groups in total. The number of hydrogen-bond acceptors (Lipinski definition) is 1. The third-order valence-corrected chi connectivity index (χ3v) is 7.94. The molecule has 1 aliphatic rings. The van der Waals surface area contributed by atoms with Gasteiger partial charge in [-0.15, -0.1) is 0 Å². The van der Waals surface area contributed by atoms with Crippen LogP contribution in [0.2, 0.25) is 0 Å². The van der Waals surface area contributed by atoms with E-state index in [1.165, 1.54) is 38.9 Å². The van der Waals surface area contributed by atoms with Crippen molar-refractivity contribution >= 4 is 21.9 Å². The topological polar surface area (TPSA) is 13.1 Å². The van der Waals surface area contributed by atoms with Crippen molar-refractivity contribution in [2.45, 2.75) is 6.42 Å². The molecule has 0 spiro atoms. The van der Waals surface area contributed by atoms with Gasteiger partial charge in [0.2, 0.25) is 0 Å². The van der Waals surface area contributed by atoms with E-state index in [4.69, 9.17) is 4.42 Å². The van der Waals surface area contributed by atoms with E-state index in [0.717, 1.165) is 45.0 Å². The lowest BCUT2D eigenvalue weighted by molar-refractivity contribution is 0.671. The van der Waals surface area contributed by atoms with Crippen LogP contribution in [0.4, 0.5) is 0 Å². The summed E-state index contributed by atoms with van der Waals surface area (Å²) in [6.07, 6.45) is 1.01. The molecule has 0 fully saturated rings. The number of hydrogen-bond donors (Lipinski definition) is 0. The second kappa shape index (κ2) is 8.33. The molecule has 7 aromatic rings. The predicted octanol–water partition coefficient (Wildman–Crippen LogP) is 10.2. The normalized spacial score (nSPS) is 12.1. The summed E-state index contributed by atoms with van der Waals surface area (Å²) in [4.78, 5) is 0. The Balaban J connectivity index is 1.26. The van der Waals surface area contributed by atoms with Crippen LogP contribution in [0.25, 0.3) is 66.4 Å². The van der Waals surface area contributed by atoms with Crippen LogP contribution >= 0.6 is 0 Å². The lowest BCUT2D eigenvalue weighted by Crippen LogP contribution is -1.83. The highest BCUT2D eigenvalue weighted by Crippen LogP contribution is 2.43. The molecule has 1 aromatic heterocycles. The van der Waals surface area contributed by atoms with E-state index in [-0.39, 0.29) is 0 Å². The van der Waals surface area contributed by atoms with Crippen LogP contribution in [0.1, 0.15) is 11.1 Å². The van der Waals surface area contributed by atoms with Gasteiger partial charge in [0, 0.05) is 21.9 Å². The smallest absolute Gasteiger partial charge is 0.143 e. The minimum Gasteiger partial charge on any atom is -0.455 e. The van der Waals surface area contributed by atoms with Crippen molar-refractivity contribution in [2.24, 2.45) is 0 Å². The fraction of sp³-hybridized carbons (Fsp3) is 0.0270. The fourth-order valence-electron chi connectivity index (χ4n) is 6.04. The van der Waals surface area contributed by atoms with Gasteiger partial charge in [0.25, 0.3) is 0 Å². The van der Waals surface area contributed by atoms with Crippen molar-refractivity contribution in [3.8, 4) is 44.5 Å². The molecular formula is C37H24O. The molecule has 0 saturated heterocycles. The van der Waals surface area contributed by atoms with Gasteiger partial charge in [-0.1, -0.05) is 127 Å². The average Bonchev–Trinajstić information content (AvgIpc) is 3.56. The predicted molar refractivity (Wildman–Crippen MR) is 158 cm³/mol. The Bertz CT molecular complexity index is 1970. The van der Waals surface area contributed by atoms with Crippen molar-refractivity contribution in [3.05, 3.63) is 145 Å². The highest BCUT2D eigenvalue weighted by atomic mass is 16.3. The molecule has 8 rings (SSSR count). The molecule has 0 bridgehead atoms. The molecule has 1 nitrogen and oxygen atoms in total. The Kier molecular flexibility index (Phi) is 4.65. The van der Waals surface area contributed by atoms with Crippen molar-refractivity contribution in [2.75, 3.05) is 0 Å². The van der Waals surface area contributed by atoms with E-state index < -0.39 is 0 Å². The van der Waals surface area contributed by atoms with Gasteiger partial charge < -0.3 is 4.42 Å². The molecule has 0 unspecified atom stereocenters. The minimum absolute atomic E-state index is 0.939. The molecule has 0 atom stereocenters. The first-order valence-electron chi connectivity index (χ1n) is 13.2. The van der Waals surface area contributed by atoms with Crippen LogP contribution in [0.5, 0.6) is 0 Å². The quantitative estimate of drug-likeness (QED) is 0.243. The highest BCUT2D eigenvalue weighted by Gasteiger charge is 2.20. The van der Waals surface area contributed by atoms with Gasteiger partial charge >= 0.3 is 0 Å². The zero-order valence-corrected chi connectivity index (χ0v) is 20.8. The molecule has 1 heteroatoms. The number of rotatable bonds is 3. The van der Waals surface area contributed by atoms with Crippen LogP contribution in [-0.4, -0.2) is 0 Å². The van der Waals surface area contributed by atoms with Gasteiger partial charge in [0.1, 0.15) is 11.2 Å². The molecule has 0 amide bonds. The first-order chi connectivity index (χ1) is 18.8. The van der Waals surface area contributed by atoms with Crippen LogP contribution in [0.15, 0.2) is 138 Å². The van der Waals surface area contributed by atoms with Gasteiger partial charge in [-0.3, -0.25) is 0 Å². The molecule has 0 radical (unpaired) electrons. The van der Waals surface area contributed by atoms with Crippen molar-refractivity contribution in [1.29, 1.82) is 0 Å². The molecule has 38 heavy (non-hydrogen) atoms. The Hall–Kier alpha value is -4.88. The Morgan fingerprint density at radius 3 is 1.68 bits per heavy atom. The number of furan rings is 1. The summed E-state index contributed by atoms with van der Waals surface area (Å²) in [7, 11) is 0. The second-order valence-electron chi connectivity index (χ2n) is 10.1. The lowest BCUT2D eigenvalue weighted by atomic mass is 9.96. The van der Waals surface area contributed by atoms with Gasteiger partial charge in [-0.05, 0) is 57.0 Å². The maximum absolute atomic E-state index is 6.73. The first kappa shape index (κ1) is 21.2. The Labute approximate surface area is 221 Å². The molecule has 0 aliphatic heterocycles. The lowest BCUT2D eigenvalue weighted by Gasteiger charge is -2.07. The zero-order chi connectivity index (χ0) is 25.1. The molecule has 1 heterocycles. The average molecular weight is 485 g/mol. The zero-order valence-electron chi connectivity index (χ0n) is 20.8. The molecular weight excluding hydrogens is 460 g/mol. The molecule has 0 saturated carbocycles. The van der Waals surface area contributed by atoms with Crippen LogP contribution in [0, 0.1) is 0 Å². The summed E-state index contributed by atoms with van der Waals surface area (Å²) < 4.78 is 6.73. The van der Waals surface area contributed by atoms with E-state index in [2.05, 4.69) is 133 Å². The van der Waals surface area contributed by atoms with Gasteiger partial charge in [0.05, 0.1) is 0 Å². The largest absolute Gasteiger partial charge is 0.455 e. The second-order valence-corrected chi connectivity index (χ2v) is 10.1. The summed E-state index contributed by atoms with van der Waals surface area (Å²) in [5, 5.41) is 2.30. The summed E-state index contributed by atoms with van der Waals surface area (Å²) >= 11 is 0. The molecule has 178 valence electrons. The molecule has 6 aromatic carbocycles. The maximum atomic E-state index is 6.73. The van der Waals surface area contributed by atoms with E-state index in [9.17, 15) is 0 Å². The summed E-state index contributed by atoms with van der Waals surface area (Å²) in [5.74, 6) is 0. The number of fused-ring (bicyclic) bond motifs is 6. The van der Waals surface area contributed by atoms with Crippen LogP contribution in [0.3, 0.4) is 0 Å². The van der Waals surface area contributed by atoms with Crippen molar-refractivity contribution in [3.63, 3.8) is 0 Å². The summed E-state index contributed by atoms with van der Waals surface area (Å²) in [6, 6.07) is 47.9. The SMILES string of the molecule is c1ccc(-c2ccc(-c3cccc4c3oc3c(-c5ccc6c(c5)-c5ccccc5C6)cccc34)cc2)cc1. The number of benzene rings is 6. The van der Waals surface area contributed by atoms with Crippen LogP contribution in [-0.2, 0) is 6.42 Å². The molecule has 1 aliphatic carbocycles. The fourth-order valence-corrected chi connectivity index (χ4v) is 6.04. The highest BCUT2D eigenvalue weighted by molar-refractivity contribution is 6.13. The van der Waals surface area contributed by atoms with Crippen molar-refractivity contribution in [1.82, 2.24) is 0 Å². The van der Waals surface area contributed by atoms with Gasteiger partial charge in [0.15, 0.2) is 0 Å². The number of para-hydroxylation sites is 2. The van der Waals surface area contributed by atoms with E-state index in [0.29, 0.717) is 0 Å². The van der Waals surface area contributed by atoms with Gasteiger partial charge in [-0.2, -0.15) is 0 Å². The van der Waals surface area contributed by atoms with E-state index in [1.807, 2.05) is 0 Å².